The average Bonchev–Trinajstić information content (AvgIpc) is 3.47. The number of halogens is 1. The Bertz CT molecular complexity index is 989. The number of benzene rings is 1. The van der Waals surface area contributed by atoms with Crippen molar-refractivity contribution in [2.45, 2.75) is 45.2 Å². The van der Waals surface area contributed by atoms with E-state index in [1.54, 1.807) is 28.0 Å². The number of carbonyl (C=O) groups is 2. The molecule has 0 saturated carbocycles. The Morgan fingerprint density at radius 1 is 1.03 bits per heavy atom. The van der Waals surface area contributed by atoms with Crippen molar-refractivity contribution in [3.05, 3.63) is 69.2 Å². The number of hydroxylamine groups is 1. The highest BCUT2D eigenvalue weighted by Gasteiger charge is 2.17. The summed E-state index contributed by atoms with van der Waals surface area (Å²) in [6.45, 7) is 1.09. The van der Waals surface area contributed by atoms with Crippen LogP contribution in [0.1, 0.15) is 42.7 Å². The van der Waals surface area contributed by atoms with E-state index in [2.05, 4.69) is 21.2 Å². The second kappa shape index (κ2) is 12.4. The maximum absolute atomic E-state index is 13.0. The van der Waals surface area contributed by atoms with E-state index < -0.39 is 5.91 Å². The van der Waals surface area contributed by atoms with Crippen LogP contribution in [0.3, 0.4) is 0 Å². The smallest absolute Gasteiger partial charge is 0.243 e. The molecule has 0 radical (unpaired) electrons. The summed E-state index contributed by atoms with van der Waals surface area (Å²) in [6, 6.07) is 15.6. The van der Waals surface area contributed by atoms with Gasteiger partial charge in [0, 0.05) is 29.1 Å². The molecule has 3 N–H and O–H groups in total. The number of hydrogen-bond donors (Lipinski definition) is 3. The van der Waals surface area contributed by atoms with Crippen LogP contribution in [0.4, 0.5) is 11.4 Å². The molecule has 7 nitrogen and oxygen atoms in total. The summed E-state index contributed by atoms with van der Waals surface area (Å²) in [5.74, 6) is 0.491. The first-order valence-corrected chi connectivity index (χ1v) is 12.0. The number of amides is 2. The van der Waals surface area contributed by atoms with Gasteiger partial charge in [0.25, 0.3) is 0 Å². The van der Waals surface area contributed by atoms with E-state index in [-0.39, 0.29) is 12.3 Å². The van der Waals surface area contributed by atoms with Crippen LogP contribution in [0.5, 0.6) is 0 Å². The molecule has 3 aromatic rings. The van der Waals surface area contributed by atoms with Gasteiger partial charge in [-0.25, -0.2) is 5.48 Å². The number of hydrogen-bond acceptors (Lipinski definition) is 6. The van der Waals surface area contributed by atoms with Crippen LogP contribution in [0.25, 0.3) is 0 Å². The van der Waals surface area contributed by atoms with E-state index in [0.717, 1.165) is 32.2 Å². The minimum absolute atomic E-state index is 0.0393. The first-order valence-electron chi connectivity index (χ1n) is 10.4. The van der Waals surface area contributed by atoms with Gasteiger partial charge in [-0.1, -0.05) is 6.42 Å². The summed E-state index contributed by atoms with van der Waals surface area (Å²) in [6.07, 6.45) is 4.36. The lowest BCUT2D eigenvalue weighted by Gasteiger charge is -2.23. The summed E-state index contributed by atoms with van der Waals surface area (Å²) < 4.78 is 6.37. The van der Waals surface area contributed by atoms with Crippen molar-refractivity contribution >= 4 is 50.5 Å². The maximum atomic E-state index is 13.0. The number of nitrogens with zero attached hydrogens (tertiary/aromatic N) is 1. The van der Waals surface area contributed by atoms with Gasteiger partial charge in [-0.2, -0.15) is 0 Å². The summed E-state index contributed by atoms with van der Waals surface area (Å²) in [5, 5.41) is 11.9. The van der Waals surface area contributed by atoms with Gasteiger partial charge < -0.3 is 14.6 Å². The van der Waals surface area contributed by atoms with Crippen LogP contribution in [0.2, 0.25) is 0 Å². The van der Waals surface area contributed by atoms with Crippen LogP contribution in [-0.4, -0.2) is 17.0 Å². The SMILES string of the molecule is O=C(CCCCCC(=O)N(Cc1ccc(Br)s1)c1ccc(NCc2ccco2)cc1)NO. The zero-order valence-electron chi connectivity index (χ0n) is 17.6. The number of anilines is 2. The third-order valence-electron chi connectivity index (χ3n) is 4.89. The lowest BCUT2D eigenvalue weighted by atomic mass is 10.1. The number of nitrogens with one attached hydrogen (secondary N) is 2. The zero-order valence-corrected chi connectivity index (χ0v) is 20.0. The average molecular weight is 520 g/mol. The van der Waals surface area contributed by atoms with E-state index in [1.807, 2.05) is 48.5 Å². The summed E-state index contributed by atoms with van der Waals surface area (Å²) >= 11 is 5.09. The molecule has 3 rings (SSSR count). The molecule has 170 valence electrons. The van der Waals surface area contributed by atoms with E-state index in [9.17, 15) is 9.59 Å². The van der Waals surface area contributed by atoms with Crippen LogP contribution < -0.4 is 15.7 Å². The van der Waals surface area contributed by atoms with Gasteiger partial charge in [0.2, 0.25) is 11.8 Å². The first-order chi connectivity index (χ1) is 15.5. The van der Waals surface area contributed by atoms with Gasteiger partial charge in [-0.3, -0.25) is 14.8 Å². The number of carbonyl (C=O) groups excluding carboxylic acids is 2. The van der Waals surface area contributed by atoms with Gasteiger partial charge in [0.1, 0.15) is 5.76 Å². The molecule has 2 amide bonds. The topological polar surface area (TPSA) is 94.8 Å². The number of thiophene rings is 1. The molecule has 2 heterocycles. The van der Waals surface area contributed by atoms with Gasteiger partial charge in [0.15, 0.2) is 0 Å². The highest BCUT2D eigenvalue weighted by molar-refractivity contribution is 9.11. The van der Waals surface area contributed by atoms with Crippen molar-refractivity contribution in [3.8, 4) is 0 Å². The Kier molecular flexibility index (Phi) is 9.33. The summed E-state index contributed by atoms with van der Waals surface area (Å²) in [7, 11) is 0. The van der Waals surface area contributed by atoms with Gasteiger partial charge in [-0.05, 0) is 77.3 Å². The van der Waals surface area contributed by atoms with Crippen LogP contribution >= 0.6 is 27.3 Å². The largest absolute Gasteiger partial charge is 0.467 e. The molecular weight excluding hydrogens is 494 g/mol. The molecule has 9 heteroatoms. The Labute approximate surface area is 199 Å². The fourth-order valence-electron chi connectivity index (χ4n) is 3.21. The lowest BCUT2D eigenvalue weighted by molar-refractivity contribution is -0.129. The monoisotopic (exact) mass is 519 g/mol. The third-order valence-corrected chi connectivity index (χ3v) is 6.50. The molecule has 0 saturated heterocycles. The predicted octanol–water partition coefficient (Wildman–Crippen LogP) is 5.70. The minimum atomic E-state index is -0.401. The Morgan fingerprint density at radius 3 is 2.47 bits per heavy atom. The molecule has 0 aliphatic rings. The van der Waals surface area contributed by atoms with E-state index >= 15 is 0 Å². The molecule has 0 spiro atoms. The molecular formula is C23H26BrN3O4S. The zero-order chi connectivity index (χ0) is 22.8. The van der Waals surface area contributed by atoms with Crippen LogP contribution in [0, 0.1) is 0 Å². The quantitative estimate of drug-likeness (QED) is 0.162. The van der Waals surface area contributed by atoms with Crippen LogP contribution in [-0.2, 0) is 22.7 Å². The standard InChI is InChI=1S/C23H26BrN3O4S/c24-21-13-12-20(32-21)16-27(23(29)7-3-1-2-6-22(28)26-30)18-10-8-17(9-11-18)25-15-19-5-4-14-31-19/h4-5,8-14,25,30H,1-3,6-7,15-16H2,(H,26,28). The highest BCUT2D eigenvalue weighted by Crippen LogP contribution is 2.27. The number of furan rings is 1. The minimum Gasteiger partial charge on any atom is -0.467 e. The fraction of sp³-hybridized carbons (Fsp3) is 0.304. The normalized spacial score (nSPS) is 10.7. The van der Waals surface area contributed by atoms with Gasteiger partial charge >= 0.3 is 0 Å². The maximum Gasteiger partial charge on any atom is 0.243 e. The number of rotatable bonds is 12. The Morgan fingerprint density at radius 2 is 1.81 bits per heavy atom. The summed E-state index contributed by atoms with van der Waals surface area (Å²) in [5.41, 5.74) is 3.41. The lowest BCUT2D eigenvalue weighted by Crippen LogP contribution is -2.29. The van der Waals surface area contributed by atoms with Crippen molar-refractivity contribution in [2.24, 2.45) is 0 Å². The molecule has 0 aliphatic carbocycles. The molecule has 0 aliphatic heterocycles. The van der Waals surface area contributed by atoms with E-state index in [0.29, 0.717) is 32.4 Å². The van der Waals surface area contributed by atoms with E-state index in [4.69, 9.17) is 9.62 Å². The van der Waals surface area contributed by atoms with Crippen molar-refractivity contribution in [3.63, 3.8) is 0 Å². The van der Waals surface area contributed by atoms with E-state index in [1.165, 1.54) is 0 Å². The molecule has 1 aromatic carbocycles. The van der Waals surface area contributed by atoms with Crippen LogP contribution in [0.15, 0.2) is 63.0 Å². The molecule has 2 aromatic heterocycles. The molecule has 32 heavy (non-hydrogen) atoms. The van der Waals surface area contributed by atoms with Crippen molar-refractivity contribution < 1.29 is 19.2 Å². The third kappa shape index (κ3) is 7.51. The van der Waals surface area contributed by atoms with Gasteiger partial charge in [-0.15, -0.1) is 11.3 Å². The first kappa shape index (κ1) is 24.0. The molecule has 0 atom stereocenters. The molecule has 0 fully saturated rings. The van der Waals surface area contributed by atoms with Crippen molar-refractivity contribution in [2.75, 3.05) is 10.2 Å². The highest BCUT2D eigenvalue weighted by atomic mass is 79.9. The predicted molar refractivity (Wildman–Crippen MR) is 129 cm³/mol. The number of unbranched alkanes of at least 4 members (excludes halogenated alkanes) is 2. The van der Waals surface area contributed by atoms with Crippen molar-refractivity contribution in [1.82, 2.24) is 5.48 Å². The summed E-state index contributed by atoms with van der Waals surface area (Å²) in [4.78, 5) is 27.0. The fourth-order valence-corrected chi connectivity index (χ4v) is 4.68. The molecule has 0 bridgehead atoms. The second-order valence-electron chi connectivity index (χ2n) is 7.26. The Balaban J connectivity index is 1.61. The Hall–Kier alpha value is -2.62. The molecule has 0 unspecified atom stereocenters. The van der Waals surface area contributed by atoms with Crippen molar-refractivity contribution in [1.29, 1.82) is 0 Å². The van der Waals surface area contributed by atoms with Gasteiger partial charge in [0.05, 0.1) is 23.1 Å². The second-order valence-corrected chi connectivity index (χ2v) is 9.81.